The van der Waals surface area contributed by atoms with Crippen LogP contribution in [0.5, 0.6) is 11.5 Å². The third-order valence-corrected chi connectivity index (χ3v) is 2.82. The first-order valence-corrected chi connectivity index (χ1v) is 5.62. The molecule has 5 nitrogen and oxygen atoms in total. The van der Waals surface area contributed by atoms with Gasteiger partial charge in [-0.25, -0.2) is 9.78 Å². The highest BCUT2D eigenvalue weighted by Crippen LogP contribution is 2.19. The number of carboxylic acid groups (broad SMARTS) is 1. The SMILES string of the molecule is O=C(O)c1nc(COc2cccc(O)c2)cs1. The van der Waals surface area contributed by atoms with Crippen molar-refractivity contribution in [1.29, 1.82) is 0 Å². The maximum atomic E-state index is 10.6. The summed E-state index contributed by atoms with van der Waals surface area (Å²) in [5.74, 6) is -0.416. The van der Waals surface area contributed by atoms with Gasteiger partial charge in [0.05, 0.1) is 5.69 Å². The monoisotopic (exact) mass is 251 g/mol. The first-order valence-electron chi connectivity index (χ1n) is 4.74. The van der Waals surface area contributed by atoms with E-state index >= 15 is 0 Å². The van der Waals surface area contributed by atoms with Gasteiger partial charge in [0.1, 0.15) is 18.1 Å². The zero-order valence-electron chi connectivity index (χ0n) is 8.66. The van der Waals surface area contributed by atoms with Crippen LogP contribution in [0.4, 0.5) is 0 Å². The highest BCUT2D eigenvalue weighted by atomic mass is 32.1. The summed E-state index contributed by atoms with van der Waals surface area (Å²) in [5, 5.41) is 19.6. The van der Waals surface area contributed by atoms with Crippen LogP contribution in [0.2, 0.25) is 0 Å². The lowest BCUT2D eigenvalue weighted by atomic mass is 10.3. The minimum atomic E-state index is -1.04. The lowest BCUT2D eigenvalue weighted by Gasteiger charge is -2.03. The van der Waals surface area contributed by atoms with Crippen LogP contribution in [-0.2, 0) is 6.61 Å². The normalized spacial score (nSPS) is 10.1. The quantitative estimate of drug-likeness (QED) is 0.870. The Balaban J connectivity index is 2.00. The van der Waals surface area contributed by atoms with Gasteiger partial charge >= 0.3 is 5.97 Å². The number of rotatable bonds is 4. The molecule has 2 N–H and O–H groups in total. The molecular formula is C11H9NO4S. The summed E-state index contributed by atoms with van der Waals surface area (Å²) in [6.45, 7) is 0.174. The summed E-state index contributed by atoms with van der Waals surface area (Å²) in [7, 11) is 0. The molecule has 0 aliphatic rings. The molecule has 0 spiro atoms. The predicted molar refractivity (Wildman–Crippen MR) is 61.5 cm³/mol. The number of thiazole rings is 1. The number of aromatic hydroxyl groups is 1. The van der Waals surface area contributed by atoms with Crippen molar-refractivity contribution < 1.29 is 19.7 Å². The molecule has 0 unspecified atom stereocenters. The van der Waals surface area contributed by atoms with Crippen molar-refractivity contribution in [1.82, 2.24) is 4.98 Å². The maximum Gasteiger partial charge on any atom is 0.365 e. The second-order valence-electron chi connectivity index (χ2n) is 3.24. The van der Waals surface area contributed by atoms with Gasteiger partial charge in [0.2, 0.25) is 5.01 Å². The molecule has 1 aromatic heterocycles. The summed E-state index contributed by atoms with van der Waals surface area (Å²) in [4.78, 5) is 14.5. The molecule has 2 rings (SSSR count). The van der Waals surface area contributed by atoms with Crippen LogP contribution in [-0.4, -0.2) is 21.2 Å². The molecule has 0 bridgehead atoms. The van der Waals surface area contributed by atoms with E-state index in [0.29, 0.717) is 11.4 Å². The van der Waals surface area contributed by atoms with E-state index in [9.17, 15) is 9.90 Å². The number of hydrogen-bond acceptors (Lipinski definition) is 5. The van der Waals surface area contributed by atoms with Crippen LogP contribution in [0.15, 0.2) is 29.6 Å². The molecule has 6 heteroatoms. The van der Waals surface area contributed by atoms with Gasteiger partial charge in [0.15, 0.2) is 0 Å². The molecule has 0 fully saturated rings. The number of ether oxygens (including phenoxy) is 1. The Bertz CT molecular complexity index is 538. The Hall–Kier alpha value is -2.08. The highest BCUT2D eigenvalue weighted by molar-refractivity contribution is 7.11. The molecule has 1 heterocycles. The molecule has 0 amide bonds. The summed E-state index contributed by atoms with van der Waals surface area (Å²) in [5.41, 5.74) is 0.552. The topological polar surface area (TPSA) is 79.7 Å². The van der Waals surface area contributed by atoms with E-state index in [1.165, 1.54) is 12.1 Å². The fourth-order valence-electron chi connectivity index (χ4n) is 1.20. The number of hydrogen-bond donors (Lipinski definition) is 2. The number of aromatic carboxylic acids is 1. The average molecular weight is 251 g/mol. The summed E-state index contributed by atoms with van der Waals surface area (Å²) >= 11 is 1.06. The number of benzene rings is 1. The van der Waals surface area contributed by atoms with Crippen LogP contribution in [0.1, 0.15) is 15.5 Å². The molecular weight excluding hydrogens is 242 g/mol. The molecule has 0 saturated heterocycles. The number of nitrogens with zero attached hydrogens (tertiary/aromatic N) is 1. The van der Waals surface area contributed by atoms with Gasteiger partial charge in [-0.3, -0.25) is 0 Å². The van der Waals surface area contributed by atoms with Crippen LogP contribution in [0.3, 0.4) is 0 Å². The third kappa shape index (κ3) is 2.94. The van der Waals surface area contributed by atoms with Crippen molar-refractivity contribution in [3.8, 4) is 11.5 Å². The summed E-state index contributed by atoms with van der Waals surface area (Å²) in [6, 6.07) is 6.38. The van der Waals surface area contributed by atoms with E-state index < -0.39 is 5.97 Å². The molecule has 17 heavy (non-hydrogen) atoms. The smallest absolute Gasteiger partial charge is 0.365 e. The van der Waals surface area contributed by atoms with Crippen LogP contribution in [0, 0.1) is 0 Å². The predicted octanol–water partition coefficient (Wildman–Crippen LogP) is 2.13. The van der Waals surface area contributed by atoms with Crippen LogP contribution < -0.4 is 4.74 Å². The van der Waals surface area contributed by atoms with E-state index in [1.54, 1.807) is 17.5 Å². The minimum Gasteiger partial charge on any atom is -0.508 e. The largest absolute Gasteiger partial charge is 0.508 e. The number of carbonyl (C=O) groups is 1. The minimum absolute atomic E-state index is 0.0412. The van der Waals surface area contributed by atoms with Gasteiger partial charge in [-0.15, -0.1) is 11.3 Å². The molecule has 0 aliphatic carbocycles. The van der Waals surface area contributed by atoms with Gasteiger partial charge in [-0.05, 0) is 12.1 Å². The molecule has 0 radical (unpaired) electrons. The summed E-state index contributed by atoms with van der Waals surface area (Å²) < 4.78 is 5.36. The highest BCUT2D eigenvalue weighted by Gasteiger charge is 2.09. The molecule has 0 atom stereocenters. The number of phenolic OH excluding ortho intramolecular Hbond substituents is 1. The Morgan fingerprint density at radius 2 is 2.29 bits per heavy atom. The second-order valence-corrected chi connectivity index (χ2v) is 4.09. The van der Waals surface area contributed by atoms with Crippen molar-refractivity contribution in [2.45, 2.75) is 6.61 Å². The zero-order chi connectivity index (χ0) is 12.3. The molecule has 0 saturated carbocycles. The van der Waals surface area contributed by atoms with Gasteiger partial charge in [0.25, 0.3) is 0 Å². The van der Waals surface area contributed by atoms with E-state index in [0.717, 1.165) is 11.3 Å². The first kappa shape index (κ1) is 11.4. The Labute approximate surface area is 101 Å². The Kier molecular flexibility index (Phi) is 3.24. The molecule has 88 valence electrons. The zero-order valence-corrected chi connectivity index (χ0v) is 9.48. The first-order chi connectivity index (χ1) is 8.15. The molecule has 1 aromatic carbocycles. The molecule has 2 aromatic rings. The third-order valence-electron chi connectivity index (χ3n) is 1.94. The van der Waals surface area contributed by atoms with Crippen molar-refractivity contribution in [3.63, 3.8) is 0 Å². The Morgan fingerprint density at radius 1 is 1.47 bits per heavy atom. The standard InChI is InChI=1S/C11H9NO4S/c13-8-2-1-3-9(4-8)16-5-7-6-17-10(12-7)11(14)15/h1-4,6,13H,5H2,(H,14,15). The van der Waals surface area contributed by atoms with Crippen molar-refractivity contribution in [3.05, 3.63) is 40.3 Å². The van der Waals surface area contributed by atoms with Gasteiger partial charge in [0, 0.05) is 11.4 Å². The van der Waals surface area contributed by atoms with Gasteiger partial charge in [-0.1, -0.05) is 6.07 Å². The number of aromatic nitrogens is 1. The fourth-order valence-corrected chi connectivity index (χ4v) is 1.84. The van der Waals surface area contributed by atoms with E-state index in [1.807, 2.05) is 0 Å². The van der Waals surface area contributed by atoms with Crippen LogP contribution in [0.25, 0.3) is 0 Å². The maximum absolute atomic E-state index is 10.6. The lowest BCUT2D eigenvalue weighted by Crippen LogP contribution is -1.99. The number of carboxylic acids is 1. The van der Waals surface area contributed by atoms with E-state index in [4.69, 9.17) is 9.84 Å². The van der Waals surface area contributed by atoms with Crippen molar-refractivity contribution in [2.24, 2.45) is 0 Å². The fraction of sp³-hybridized carbons (Fsp3) is 0.0909. The Morgan fingerprint density at radius 3 is 2.94 bits per heavy atom. The van der Waals surface area contributed by atoms with Crippen molar-refractivity contribution >= 4 is 17.3 Å². The van der Waals surface area contributed by atoms with E-state index in [2.05, 4.69) is 4.98 Å². The molecule has 0 aliphatic heterocycles. The number of phenols is 1. The van der Waals surface area contributed by atoms with Crippen molar-refractivity contribution in [2.75, 3.05) is 0 Å². The van der Waals surface area contributed by atoms with Crippen LogP contribution >= 0.6 is 11.3 Å². The second kappa shape index (κ2) is 4.84. The van der Waals surface area contributed by atoms with Gasteiger partial charge < -0.3 is 14.9 Å². The lowest BCUT2D eigenvalue weighted by molar-refractivity contribution is 0.0696. The van der Waals surface area contributed by atoms with Gasteiger partial charge in [-0.2, -0.15) is 0 Å². The summed E-state index contributed by atoms with van der Waals surface area (Å²) in [6.07, 6.45) is 0. The average Bonchev–Trinajstić information content (AvgIpc) is 2.75. The van der Waals surface area contributed by atoms with E-state index in [-0.39, 0.29) is 17.4 Å².